The molecule has 0 spiro atoms. The van der Waals surface area contributed by atoms with Gasteiger partial charge in [0.05, 0.1) is 13.5 Å². The van der Waals surface area contributed by atoms with Gasteiger partial charge in [-0.3, -0.25) is 9.59 Å². The molecule has 0 aliphatic carbocycles. The van der Waals surface area contributed by atoms with Crippen LogP contribution in [0.4, 0.5) is 0 Å². The van der Waals surface area contributed by atoms with Crippen LogP contribution in [0.2, 0.25) is 0 Å². The molecule has 2 rings (SSSR count). The van der Waals surface area contributed by atoms with E-state index in [9.17, 15) is 9.59 Å². The third-order valence-electron chi connectivity index (χ3n) is 2.56. The topological polar surface area (TPSA) is 56.3 Å². The zero-order chi connectivity index (χ0) is 13.7. The van der Waals surface area contributed by atoms with Crippen LogP contribution in [-0.2, 0) is 11.2 Å². The van der Waals surface area contributed by atoms with Crippen LogP contribution in [0.25, 0.3) is 0 Å². The van der Waals surface area contributed by atoms with Crippen molar-refractivity contribution in [3.8, 4) is 5.75 Å². The molecular formula is C14H13NO3S. The molecule has 0 aliphatic heterocycles. The minimum absolute atomic E-state index is 0.106. The van der Waals surface area contributed by atoms with E-state index in [4.69, 9.17) is 4.74 Å². The highest BCUT2D eigenvalue weighted by Crippen LogP contribution is 2.14. The Morgan fingerprint density at radius 1 is 1.37 bits per heavy atom. The number of ether oxygens (including phenoxy) is 1. The number of rotatable bonds is 6. The average Bonchev–Trinajstić information content (AvgIpc) is 2.92. The molecule has 1 aromatic carbocycles. The smallest absolute Gasteiger partial charge is 0.198 e. The number of Topliss-reactive ketones (excluding diaryl/α,β-unsaturated/α-hetero) is 2. The van der Waals surface area contributed by atoms with Gasteiger partial charge in [-0.1, -0.05) is 12.1 Å². The zero-order valence-corrected chi connectivity index (χ0v) is 11.3. The first-order chi connectivity index (χ1) is 9.19. The van der Waals surface area contributed by atoms with Crippen molar-refractivity contribution in [2.24, 2.45) is 0 Å². The zero-order valence-electron chi connectivity index (χ0n) is 10.5. The van der Waals surface area contributed by atoms with Crippen LogP contribution >= 0.6 is 11.3 Å². The van der Waals surface area contributed by atoms with E-state index >= 15 is 0 Å². The summed E-state index contributed by atoms with van der Waals surface area (Å²) in [5.74, 6) is 0.368. The number of carbonyl (C=O) groups excluding carboxylic acids is 2. The fourth-order valence-corrected chi connectivity index (χ4v) is 2.26. The summed E-state index contributed by atoms with van der Waals surface area (Å²) in [6, 6.07) is 7.28. The van der Waals surface area contributed by atoms with Crippen molar-refractivity contribution in [3.05, 3.63) is 46.4 Å². The molecule has 0 radical (unpaired) electrons. The number of aromatic nitrogens is 1. The van der Waals surface area contributed by atoms with Gasteiger partial charge in [0, 0.05) is 18.0 Å². The normalized spacial score (nSPS) is 10.2. The maximum Gasteiger partial charge on any atom is 0.198 e. The van der Waals surface area contributed by atoms with Gasteiger partial charge in [-0.05, 0) is 17.7 Å². The SMILES string of the molecule is COc1cccc(CC(=O)CC(=O)c2nccs2)c1. The standard InChI is InChI=1S/C14H13NO3S/c1-18-12-4-2-3-10(8-12)7-11(16)9-13(17)14-15-5-6-19-14/h2-6,8H,7,9H2,1H3. The van der Waals surface area contributed by atoms with Crippen LogP contribution in [0.5, 0.6) is 5.75 Å². The monoisotopic (exact) mass is 275 g/mol. The molecule has 0 atom stereocenters. The van der Waals surface area contributed by atoms with Gasteiger partial charge in [-0.25, -0.2) is 4.98 Å². The number of hydrogen-bond donors (Lipinski definition) is 0. The second kappa shape index (κ2) is 6.24. The van der Waals surface area contributed by atoms with Crippen molar-refractivity contribution in [3.63, 3.8) is 0 Å². The number of thiazole rings is 1. The van der Waals surface area contributed by atoms with Crippen molar-refractivity contribution in [2.75, 3.05) is 7.11 Å². The van der Waals surface area contributed by atoms with Crippen LogP contribution in [0.1, 0.15) is 21.8 Å². The Labute approximate surface area is 115 Å². The average molecular weight is 275 g/mol. The minimum atomic E-state index is -0.220. The summed E-state index contributed by atoms with van der Waals surface area (Å²) in [5, 5.41) is 2.11. The quantitative estimate of drug-likeness (QED) is 0.600. The van der Waals surface area contributed by atoms with E-state index in [1.54, 1.807) is 24.8 Å². The van der Waals surface area contributed by atoms with Crippen LogP contribution in [0.15, 0.2) is 35.8 Å². The van der Waals surface area contributed by atoms with E-state index in [-0.39, 0.29) is 24.4 Å². The van der Waals surface area contributed by atoms with Crippen molar-refractivity contribution >= 4 is 22.9 Å². The molecule has 5 heteroatoms. The highest BCUT2D eigenvalue weighted by molar-refractivity contribution is 7.11. The van der Waals surface area contributed by atoms with Gasteiger partial charge in [-0.2, -0.15) is 0 Å². The third-order valence-corrected chi connectivity index (χ3v) is 3.38. The first kappa shape index (κ1) is 13.4. The van der Waals surface area contributed by atoms with Gasteiger partial charge >= 0.3 is 0 Å². The van der Waals surface area contributed by atoms with E-state index in [0.29, 0.717) is 10.8 Å². The van der Waals surface area contributed by atoms with E-state index < -0.39 is 0 Å². The maximum absolute atomic E-state index is 11.8. The van der Waals surface area contributed by atoms with Gasteiger partial charge in [0.1, 0.15) is 11.5 Å². The Morgan fingerprint density at radius 2 is 2.21 bits per heavy atom. The fourth-order valence-electron chi connectivity index (χ4n) is 1.69. The highest BCUT2D eigenvalue weighted by Gasteiger charge is 2.14. The van der Waals surface area contributed by atoms with Crippen molar-refractivity contribution in [2.45, 2.75) is 12.8 Å². The summed E-state index contributed by atoms with van der Waals surface area (Å²) >= 11 is 1.25. The Hall–Kier alpha value is -2.01. The predicted octanol–water partition coefficient (Wildman–Crippen LogP) is 2.54. The summed E-state index contributed by atoms with van der Waals surface area (Å²) < 4.78 is 5.09. The number of benzene rings is 1. The van der Waals surface area contributed by atoms with Crippen LogP contribution in [0, 0.1) is 0 Å². The second-order valence-corrected chi connectivity index (χ2v) is 4.90. The van der Waals surface area contributed by atoms with Gasteiger partial charge in [0.2, 0.25) is 0 Å². The molecule has 2 aromatic rings. The van der Waals surface area contributed by atoms with E-state index in [0.717, 1.165) is 5.56 Å². The molecule has 0 bridgehead atoms. The predicted molar refractivity (Wildman–Crippen MR) is 72.8 cm³/mol. The summed E-state index contributed by atoms with van der Waals surface area (Å²) in [6.07, 6.45) is 1.68. The van der Waals surface area contributed by atoms with Gasteiger partial charge in [-0.15, -0.1) is 11.3 Å². The molecule has 0 aliphatic rings. The number of ketones is 2. The number of carbonyl (C=O) groups is 2. The maximum atomic E-state index is 11.8. The third kappa shape index (κ3) is 3.72. The molecule has 0 saturated heterocycles. The van der Waals surface area contributed by atoms with E-state index in [1.807, 2.05) is 18.2 Å². The Balaban J connectivity index is 1.95. The Kier molecular flexibility index (Phi) is 4.41. The van der Waals surface area contributed by atoms with Gasteiger partial charge in [0.15, 0.2) is 10.8 Å². The lowest BCUT2D eigenvalue weighted by Crippen LogP contribution is -2.10. The Morgan fingerprint density at radius 3 is 2.89 bits per heavy atom. The molecule has 19 heavy (non-hydrogen) atoms. The fraction of sp³-hybridized carbons (Fsp3) is 0.214. The first-order valence-corrected chi connectivity index (χ1v) is 6.64. The second-order valence-electron chi connectivity index (χ2n) is 4.00. The summed E-state index contributed by atoms with van der Waals surface area (Å²) in [5.41, 5.74) is 0.844. The van der Waals surface area contributed by atoms with E-state index in [2.05, 4.69) is 4.98 Å². The molecule has 98 valence electrons. The molecule has 0 N–H and O–H groups in total. The van der Waals surface area contributed by atoms with E-state index in [1.165, 1.54) is 11.3 Å². The lowest BCUT2D eigenvalue weighted by molar-refractivity contribution is -0.117. The molecule has 0 unspecified atom stereocenters. The Bertz CT molecular complexity index is 578. The lowest BCUT2D eigenvalue weighted by Gasteiger charge is -2.03. The van der Waals surface area contributed by atoms with Gasteiger partial charge in [0.25, 0.3) is 0 Å². The summed E-state index contributed by atoms with van der Waals surface area (Å²) in [4.78, 5) is 27.5. The molecule has 0 saturated carbocycles. The van der Waals surface area contributed by atoms with Crippen molar-refractivity contribution < 1.29 is 14.3 Å². The van der Waals surface area contributed by atoms with Crippen LogP contribution in [0.3, 0.4) is 0 Å². The summed E-state index contributed by atoms with van der Waals surface area (Å²) in [6.45, 7) is 0. The molecule has 0 amide bonds. The molecule has 0 fully saturated rings. The lowest BCUT2D eigenvalue weighted by atomic mass is 10.1. The van der Waals surface area contributed by atoms with Crippen LogP contribution < -0.4 is 4.74 Å². The first-order valence-electron chi connectivity index (χ1n) is 5.76. The summed E-state index contributed by atoms with van der Waals surface area (Å²) in [7, 11) is 1.58. The molecule has 1 aromatic heterocycles. The molecule has 1 heterocycles. The largest absolute Gasteiger partial charge is 0.497 e. The van der Waals surface area contributed by atoms with Gasteiger partial charge < -0.3 is 4.74 Å². The number of hydrogen-bond acceptors (Lipinski definition) is 5. The molecular weight excluding hydrogens is 262 g/mol. The number of methoxy groups -OCH3 is 1. The van der Waals surface area contributed by atoms with Crippen molar-refractivity contribution in [1.29, 1.82) is 0 Å². The van der Waals surface area contributed by atoms with Crippen LogP contribution in [-0.4, -0.2) is 23.7 Å². The molecule has 4 nitrogen and oxygen atoms in total. The number of nitrogens with zero attached hydrogens (tertiary/aromatic N) is 1. The highest BCUT2D eigenvalue weighted by atomic mass is 32.1. The minimum Gasteiger partial charge on any atom is -0.497 e. The van der Waals surface area contributed by atoms with Crippen molar-refractivity contribution in [1.82, 2.24) is 4.98 Å².